The zero-order chi connectivity index (χ0) is 19.6. The highest BCUT2D eigenvalue weighted by atomic mass is 32.2. The second kappa shape index (κ2) is 10.3. The number of hydrazone groups is 1. The van der Waals surface area contributed by atoms with Gasteiger partial charge in [0, 0.05) is 37.7 Å². The lowest BCUT2D eigenvalue weighted by molar-refractivity contribution is -0.698. The van der Waals surface area contributed by atoms with Gasteiger partial charge in [0.1, 0.15) is 12.8 Å². The molecule has 0 aliphatic carbocycles. The van der Waals surface area contributed by atoms with Crippen molar-refractivity contribution in [1.29, 1.82) is 0 Å². The SMILES string of the molecule is CN(N=Cc1cccc[n+]1CCCCO[SH](=O)=O)c1ccc([N+](=O)[O-])cc1. The van der Waals surface area contributed by atoms with Crippen LogP contribution in [0.15, 0.2) is 53.8 Å². The van der Waals surface area contributed by atoms with Crippen molar-refractivity contribution in [3.05, 3.63) is 64.5 Å². The minimum atomic E-state index is -2.79. The molecule has 0 saturated heterocycles. The van der Waals surface area contributed by atoms with Gasteiger partial charge in [-0.05, 0) is 24.6 Å². The van der Waals surface area contributed by atoms with Crippen molar-refractivity contribution in [3.8, 4) is 0 Å². The maximum Gasteiger partial charge on any atom is 0.269 e. The molecule has 1 aromatic heterocycles. The average Bonchev–Trinajstić information content (AvgIpc) is 2.66. The van der Waals surface area contributed by atoms with E-state index in [9.17, 15) is 18.5 Å². The first kappa shape index (κ1) is 20.5. The zero-order valence-electron chi connectivity index (χ0n) is 14.8. The van der Waals surface area contributed by atoms with E-state index in [4.69, 9.17) is 0 Å². The summed E-state index contributed by atoms with van der Waals surface area (Å²) in [6.07, 6.45) is 5.01. The summed E-state index contributed by atoms with van der Waals surface area (Å²) in [4.78, 5) is 10.3. The fraction of sp³-hybridized carbons (Fsp3) is 0.294. The number of nitro groups is 1. The van der Waals surface area contributed by atoms with Gasteiger partial charge in [0.05, 0.1) is 17.2 Å². The summed E-state index contributed by atoms with van der Waals surface area (Å²) in [6, 6.07) is 11.9. The lowest BCUT2D eigenvalue weighted by atomic mass is 10.3. The number of thiol groups is 1. The number of rotatable bonds is 10. The first-order valence-corrected chi connectivity index (χ1v) is 9.35. The third-order valence-electron chi connectivity index (χ3n) is 3.76. The summed E-state index contributed by atoms with van der Waals surface area (Å²) >= 11 is 0. The van der Waals surface area contributed by atoms with Crippen LogP contribution in [0.5, 0.6) is 0 Å². The molecule has 0 fully saturated rings. The van der Waals surface area contributed by atoms with E-state index in [1.54, 1.807) is 30.4 Å². The minimum Gasteiger partial charge on any atom is -0.272 e. The first-order chi connectivity index (χ1) is 13.0. The summed E-state index contributed by atoms with van der Waals surface area (Å²) in [7, 11) is -1.03. The molecule has 0 spiro atoms. The first-order valence-electron chi connectivity index (χ1n) is 8.25. The summed E-state index contributed by atoms with van der Waals surface area (Å²) in [5, 5.41) is 16.7. The highest BCUT2D eigenvalue weighted by Crippen LogP contribution is 2.18. The van der Waals surface area contributed by atoms with Gasteiger partial charge in [-0.2, -0.15) is 9.67 Å². The summed E-state index contributed by atoms with van der Waals surface area (Å²) < 4.78 is 27.3. The van der Waals surface area contributed by atoms with Gasteiger partial charge in [-0.25, -0.2) is 8.42 Å². The molecule has 0 unspecified atom stereocenters. The Morgan fingerprint density at radius 1 is 1.22 bits per heavy atom. The van der Waals surface area contributed by atoms with Gasteiger partial charge >= 0.3 is 0 Å². The Morgan fingerprint density at radius 2 is 1.96 bits per heavy atom. The van der Waals surface area contributed by atoms with E-state index in [1.165, 1.54) is 12.1 Å². The Hall–Kier alpha value is -2.85. The maximum absolute atomic E-state index is 10.7. The minimum absolute atomic E-state index is 0.0301. The smallest absolute Gasteiger partial charge is 0.269 e. The van der Waals surface area contributed by atoms with Crippen molar-refractivity contribution in [2.75, 3.05) is 18.7 Å². The predicted molar refractivity (Wildman–Crippen MR) is 101 cm³/mol. The van der Waals surface area contributed by atoms with Gasteiger partial charge in [0.2, 0.25) is 5.69 Å². The Bertz CT molecular complexity index is 860. The lowest BCUT2D eigenvalue weighted by Crippen LogP contribution is -2.38. The molecule has 9 nitrogen and oxygen atoms in total. The van der Waals surface area contributed by atoms with E-state index < -0.39 is 15.9 Å². The molecule has 0 radical (unpaired) electrons. The van der Waals surface area contributed by atoms with Crippen molar-refractivity contribution >= 4 is 28.6 Å². The van der Waals surface area contributed by atoms with Crippen LogP contribution in [0.25, 0.3) is 0 Å². The van der Waals surface area contributed by atoms with Crippen molar-refractivity contribution < 1.29 is 22.1 Å². The molecule has 0 atom stereocenters. The third-order valence-corrected chi connectivity index (χ3v) is 4.16. The van der Waals surface area contributed by atoms with Gasteiger partial charge < -0.3 is 0 Å². The second-order valence-corrected chi connectivity index (χ2v) is 6.33. The Balaban J connectivity index is 1.98. The Morgan fingerprint density at radius 3 is 2.63 bits per heavy atom. The van der Waals surface area contributed by atoms with Gasteiger partial charge in [-0.15, -0.1) is 0 Å². The molecule has 0 aliphatic rings. The molecule has 10 heteroatoms. The molecule has 144 valence electrons. The van der Waals surface area contributed by atoms with Gasteiger partial charge in [-0.1, -0.05) is 0 Å². The largest absolute Gasteiger partial charge is 0.272 e. The molecule has 27 heavy (non-hydrogen) atoms. The van der Waals surface area contributed by atoms with E-state index in [2.05, 4.69) is 9.28 Å². The molecule has 0 amide bonds. The van der Waals surface area contributed by atoms with Crippen LogP contribution in [0.2, 0.25) is 0 Å². The van der Waals surface area contributed by atoms with Crippen LogP contribution >= 0.6 is 0 Å². The van der Waals surface area contributed by atoms with E-state index in [-0.39, 0.29) is 12.3 Å². The highest BCUT2D eigenvalue weighted by Gasteiger charge is 2.09. The molecule has 0 saturated carbocycles. The molecule has 0 bridgehead atoms. The van der Waals surface area contributed by atoms with Crippen LogP contribution in [0.3, 0.4) is 0 Å². The van der Waals surface area contributed by atoms with Crippen LogP contribution in [0.4, 0.5) is 11.4 Å². The number of hydrogen-bond acceptors (Lipinski definition) is 7. The van der Waals surface area contributed by atoms with Crippen molar-refractivity contribution in [1.82, 2.24) is 0 Å². The topological polar surface area (TPSA) is 106 Å². The zero-order valence-corrected chi connectivity index (χ0v) is 15.7. The second-order valence-electron chi connectivity index (χ2n) is 5.62. The Labute approximate surface area is 158 Å². The lowest BCUT2D eigenvalue weighted by Gasteiger charge is -2.11. The van der Waals surface area contributed by atoms with E-state index in [1.807, 2.05) is 29.0 Å². The number of nitrogens with zero attached hydrogens (tertiary/aromatic N) is 4. The predicted octanol–water partition coefficient (Wildman–Crippen LogP) is 1.68. The summed E-state index contributed by atoms with van der Waals surface area (Å²) in [6.45, 7) is 0.876. The number of hydrogen-bond donors (Lipinski definition) is 1. The standard InChI is InChI=1S/C17H21N4O5S/c1-19(15-7-9-16(10-8-15)21(22)23)18-14-17-6-2-3-11-20(17)12-4-5-13-26-27(24)25/h2-3,6-11,14,27H,4-5,12-13H2,1H3/q+1. The molecule has 2 rings (SSSR count). The molecule has 0 N–H and O–H groups in total. The molecule has 1 aromatic carbocycles. The monoisotopic (exact) mass is 393 g/mol. The number of nitro benzene ring substituents is 1. The van der Waals surface area contributed by atoms with Crippen molar-refractivity contribution in [2.24, 2.45) is 5.10 Å². The number of anilines is 1. The summed E-state index contributed by atoms with van der Waals surface area (Å²) in [5.41, 5.74) is 1.63. The summed E-state index contributed by atoms with van der Waals surface area (Å²) in [5.74, 6) is 0. The number of aryl methyl sites for hydroxylation is 1. The number of benzene rings is 1. The van der Waals surface area contributed by atoms with E-state index in [0.717, 1.165) is 17.8 Å². The maximum atomic E-state index is 10.7. The molecular weight excluding hydrogens is 372 g/mol. The van der Waals surface area contributed by atoms with Crippen LogP contribution in [0, 0.1) is 10.1 Å². The van der Waals surface area contributed by atoms with Crippen molar-refractivity contribution in [3.63, 3.8) is 0 Å². The van der Waals surface area contributed by atoms with Crippen LogP contribution in [0.1, 0.15) is 18.5 Å². The van der Waals surface area contributed by atoms with Crippen molar-refractivity contribution in [2.45, 2.75) is 19.4 Å². The normalized spacial score (nSPS) is 11.2. The van der Waals surface area contributed by atoms with Gasteiger partial charge in [-0.3, -0.25) is 19.3 Å². The van der Waals surface area contributed by atoms with Crippen LogP contribution in [-0.4, -0.2) is 33.2 Å². The quantitative estimate of drug-likeness (QED) is 0.164. The fourth-order valence-electron chi connectivity index (χ4n) is 2.34. The van der Waals surface area contributed by atoms with Gasteiger partial charge in [0.15, 0.2) is 6.20 Å². The van der Waals surface area contributed by atoms with Gasteiger partial charge in [0.25, 0.3) is 16.7 Å². The Kier molecular flexibility index (Phi) is 7.83. The molecule has 1 heterocycles. The van der Waals surface area contributed by atoms with Crippen LogP contribution in [-0.2, 0) is 21.7 Å². The van der Waals surface area contributed by atoms with E-state index >= 15 is 0 Å². The number of pyridine rings is 1. The average molecular weight is 393 g/mol. The molecule has 2 aromatic rings. The van der Waals surface area contributed by atoms with E-state index in [0.29, 0.717) is 13.0 Å². The number of unbranched alkanes of at least 4 members (excludes halogenated alkanes) is 1. The highest BCUT2D eigenvalue weighted by molar-refractivity contribution is 7.67. The molecule has 0 aliphatic heterocycles. The number of aromatic nitrogens is 1. The number of non-ortho nitro benzene ring substituents is 1. The third kappa shape index (κ3) is 6.76. The molecular formula is C17H21N4O5S+. The fourth-order valence-corrected chi connectivity index (χ4v) is 2.61. The van der Waals surface area contributed by atoms with Crippen LogP contribution < -0.4 is 9.58 Å².